The van der Waals surface area contributed by atoms with Gasteiger partial charge in [-0.15, -0.1) is 5.10 Å². The van der Waals surface area contributed by atoms with Gasteiger partial charge < -0.3 is 11.5 Å². The van der Waals surface area contributed by atoms with Crippen molar-refractivity contribution in [3.05, 3.63) is 35.1 Å². The molecule has 0 fully saturated rings. The number of hydrogen-bond donors (Lipinski definition) is 2. The monoisotopic (exact) mass is 194 g/mol. The molecule has 1 aromatic carbocycles. The molecule has 0 aliphatic heterocycles. The number of hydrogen-bond acceptors (Lipinski definition) is 2. The summed E-state index contributed by atoms with van der Waals surface area (Å²) in [5.74, 6) is -0.410. The highest BCUT2D eigenvalue weighted by atomic mass is 19.1. The summed E-state index contributed by atoms with van der Waals surface area (Å²) in [6, 6.07) is 4.75. The van der Waals surface area contributed by atoms with Crippen molar-refractivity contribution in [3.8, 4) is 0 Å². The van der Waals surface area contributed by atoms with Gasteiger partial charge in [-0.05, 0) is 24.1 Å². The molecule has 1 rings (SSSR count). The van der Waals surface area contributed by atoms with Crippen LogP contribution in [-0.2, 0) is 0 Å². The highest BCUT2D eigenvalue weighted by Crippen LogP contribution is 2.07. The van der Waals surface area contributed by atoms with Gasteiger partial charge in [0.05, 0.1) is 6.21 Å². The van der Waals surface area contributed by atoms with Crippen molar-refractivity contribution in [2.24, 2.45) is 21.7 Å². The van der Waals surface area contributed by atoms with Crippen molar-refractivity contribution in [2.75, 3.05) is 0 Å². The predicted octanol–water partition coefficient (Wildman–Crippen LogP) is 0.741. The molecule has 14 heavy (non-hydrogen) atoms. The fraction of sp³-hybridized carbons (Fsp3) is 0.111. The molecule has 1 aromatic rings. The normalized spacial score (nSPS) is 10.4. The number of halogens is 1. The highest BCUT2D eigenvalue weighted by Gasteiger charge is 1.96. The third-order valence-corrected chi connectivity index (χ3v) is 1.58. The van der Waals surface area contributed by atoms with Gasteiger partial charge in [-0.25, -0.2) is 4.39 Å². The molecule has 4 nitrogen and oxygen atoms in total. The van der Waals surface area contributed by atoms with Crippen LogP contribution in [0.2, 0.25) is 0 Å². The lowest BCUT2D eigenvalue weighted by molar-refractivity contribution is 0.618. The lowest BCUT2D eigenvalue weighted by atomic mass is 10.1. The van der Waals surface area contributed by atoms with E-state index >= 15 is 0 Å². The summed E-state index contributed by atoms with van der Waals surface area (Å²) in [7, 11) is 0. The van der Waals surface area contributed by atoms with Crippen molar-refractivity contribution >= 4 is 12.2 Å². The van der Waals surface area contributed by atoms with Gasteiger partial charge in [0.15, 0.2) is 0 Å². The molecule has 0 radical (unpaired) electrons. The maximum Gasteiger partial charge on any atom is 0.211 e. The van der Waals surface area contributed by atoms with E-state index in [1.807, 2.05) is 0 Å². The first-order chi connectivity index (χ1) is 6.59. The van der Waals surface area contributed by atoms with Gasteiger partial charge in [0.25, 0.3) is 0 Å². The minimum Gasteiger partial charge on any atom is -0.369 e. The smallest absolute Gasteiger partial charge is 0.211 e. The molecule has 0 bridgehead atoms. The molecule has 0 aliphatic rings. The van der Waals surface area contributed by atoms with Crippen molar-refractivity contribution < 1.29 is 4.39 Å². The van der Waals surface area contributed by atoms with E-state index in [1.165, 1.54) is 12.3 Å². The molecule has 0 amide bonds. The minimum absolute atomic E-state index is 0.131. The lowest BCUT2D eigenvalue weighted by Crippen LogP contribution is -2.21. The highest BCUT2D eigenvalue weighted by molar-refractivity contribution is 5.81. The molecule has 4 N–H and O–H groups in total. The summed E-state index contributed by atoms with van der Waals surface area (Å²) in [4.78, 5) is 0. The van der Waals surface area contributed by atoms with Crippen LogP contribution in [0.1, 0.15) is 11.1 Å². The predicted molar refractivity (Wildman–Crippen MR) is 54.5 cm³/mol. The second kappa shape index (κ2) is 4.36. The zero-order valence-electron chi connectivity index (χ0n) is 7.74. The Bertz CT molecular complexity index is 380. The molecular weight excluding hydrogens is 183 g/mol. The van der Waals surface area contributed by atoms with Crippen LogP contribution in [0.25, 0.3) is 0 Å². The summed E-state index contributed by atoms with van der Waals surface area (Å²) in [6.45, 7) is 1.69. The standard InChI is InChI=1S/C9H11FN4/c1-6-2-3-7(4-8(6)10)5-13-14-9(11)12/h2-5H,1H3,(H4,11,12,14). The number of nitrogens with two attached hydrogens (primary N) is 2. The second-order valence-electron chi connectivity index (χ2n) is 2.78. The third kappa shape index (κ3) is 2.85. The Kier molecular flexibility index (Phi) is 3.17. The van der Waals surface area contributed by atoms with Crippen LogP contribution < -0.4 is 11.5 Å². The van der Waals surface area contributed by atoms with E-state index in [9.17, 15) is 4.39 Å². The fourth-order valence-corrected chi connectivity index (χ4v) is 0.852. The maximum absolute atomic E-state index is 13.0. The van der Waals surface area contributed by atoms with Crippen LogP contribution in [0, 0.1) is 12.7 Å². The molecule has 0 heterocycles. The molecule has 5 heteroatoms. The maximum atomic E-state index is 13.0. The quantitative estimate of drug-likeness (QED) is 0.414. The molecular formula is C9H11FN4. The van der Waals surface area contributed by atoms with E-state index in [0.717, 1.165) is 0 Å². The second-order valence-corrected chi connectivity index (χ2v) is 2.78. The van der Waals surface area contributed by atoms with Gasteiger partial charge in [0.2, 0.25) is 5.96 Å². The van der Waals surface area contributed by atoms with Crippen molar-refractivity contribution in [3.63, 3.8) is 0 Å². The SMILES string of the molecule is Cc1ccc(C=NN=C(N)N)cc1F. The average Bonchev–Trinajstić information content (AvgIpc) is 2.10. The van der Waals surface area contributed by atoms with Gasteiger partial charge >= 0.3 is 0 Å². The molecule has 0 saturated heterocycles. The Morgan fingerprint density at radius 3 is 2.71 bits per heavy atom. The van der Waals surface area contributed by atoms with Crippen LogP contribution in [0.5, 0.6) is 0 Å². The summed E-state index contributed by atoms with van der Waals surface area (Å²) >= 11 is 0. The van der Waals surface area contributed by atoms with Gasteiger partial charge in [-0.2, -0.15) is 5.10 Å². The number of benzene rings is 1. The summed E-state index contributed by atoms with van der Waals surface area (Å²) < 4.78 is 13.0. The van der Waals surface area contributed by atoms with Gasteiger partial charge in [0.1, 0.15) is 5.82 Å². The Morgan fingerprint density at radius 1 is 1.43 bits per heavy atom. The molecule has 0 saturated carbocycles. The van der Waals surface area contributed by atoms with E-state index in [1.54, 1.807) is 19.1 Å². The van der Waals surface area contributed by atoms with Crippen LogP contribution in [0.4, 0.5) is 4.39 Å². The Balaban J connectivity index is 2.83. The Morgan fingerprint density at radius 2 is 2.14 bits per heavy atom. The van der Waals surface area contributed by atoms with Crippen LogP contribution in [-0.4, -0.2) is 12.2 Å². The number of guanidine groups is 1. The van der Waals surface area contributed by atoms with E-state index < -0.39 is 0 Å². The summed E-state index contributed by atoms with van der Waals surface area (Å²) in [5.41, 5.74) is 11.3. The largest absolute Gasteiger partial charge is 0.369 e. The Labute approximate surface area is 81.1 Å². The molecule has 0 aromatic heterocycles. The first-order valence-corrected chi connectivity index (χ1v) is 3.97. The van der Waals surface area contributed by atoms with Crippen LogP contribution in [0.15, 0.2) is 28.4 Å². The topological polar surface area (TPSA) is 76.8 Å². The number of nitrogens with zero attached hydrogens (tertiary/aromatic N) is 2. The van der Waals surface area contributed by atoms with E-state index in [-0.39, 0.29) is 11.8 Å². The number of rotatable bonds is 2. The molecule has 0 unspecified atom stereocenters. The first kappa shape index (κ1) is 10.2. The molecule has 0 aliphatic carbocycles. The lowest BCUT2D eigenvalue weighted by Gasteiger charge is -1.96. The van der Waals surface area contributed by atoms with E-state index in [2.05, 4.69) is 10.2 Å². The molecule has 74 valence electrons. The van der Waals surface area contributed by atoms with Crippen LogP contribution in [0.3, 0.4) is 0 Å². The zero-order valence-corrected chi connectivity index (χ0v) is 7.74. The molecule has 0 atom stereocenters. The van der Waals surface area contributed by atoms with Gasteiger partial charge in [-0.3, -0.25) is 0 Å². The first-order valence-electron chi connectivity index (χ1n) is 3.97. The average molecular weight is 194 g/mol. The summed E-state index contributed by atoms with van der Waals surface area (Å²) in [5, 5.41) is 6.95. The van der Waals surface area contributed by atoms with Crippen molar-refractivity contribution in [2.45, 2.75) is 6.92 Å². The van der Waals surface area contributed by atoms with Crippen molar-refractivity contribution in [1.82, 2.24) is 0 Å². The minimum atomic E-state index is -0.279. The van der Waals surface area contributed by atoms with Gasteiger partial charge in [0, 0.05) is 0 Å². The third-order valence-electron chi connectivity index (χ3n) is 1.58. The van der Waals surface area contributed by atoms with Crippen LogP contribution >= 0.6 is 0 Å². The van der Waals surface area contributed by atoms with E-state index in [0.29, 0.717) is 11.1 Å². The fourth-order valence-electron chi connectivity index (χ4n) is 0.852. The summed E-state index contributed by atoms with van der Waals surface area (Å²) in [6.07, 6.45) is 1.38. The van der Waals surface area contributed by atoms with Crippen molar-refractivity contribution in [1.29, 1.82) is 0 Å². The number of aryl methyl sites for hydroxylation is 1. The molecule has 0 spiro atoms. The van der Waals surface area contributed by atoms with Gasteiger partial charge in [-0.1, -0.05) is 12.1 Å². The van der Waals surface area contributed by atoms with E-state index in [4.69, 9.17) is 11.5 Å². The Hall–Kier alpha value is -1.91. The zero-order chi connectivity index (χ0) is 10.6.